The smallest absolute Gasteiger partial charge is 0.248 e. The maximum absolute atomic E-state index is 12.3. The predicted octanol–water partition coefficient (Wildman–Crippen LogP) is 0.400. The molecule has 1 aliphatic heterocycles. The molecule has 0 aliphatic carbocycles. The molecule has 2 rings (SSSR count). The van der Waals surface area contributed by atoms with E-state index in [9.17, 15) is 9.59 Å². The van der Waals surface area contributed by atoms with E-state index >= 15 is 0 Å². The Morgan fingerprint density at radius 1 is 1.42 bits per heavy atom. The van der Waals surface area contributed by atoms with Gasteiger partial charge in [0.15, 0.2) is 0 Å². The third-order valence-electron chi connectivity index (χ3n) is 3.62. The second-order valence-electron chi connectivity index (χ2n) is 5.11. The van der Waals surface area contributed by atoms with Gasteiger partial charge in [-0.05, 0) is 19.8 Å². The number of piperazine rings is 1. The van der Waals surface area contributed by atoms with Crippen LogP contribution in [0.2, 0.25) is 0 Å². The molecule has 2 heterocycles. The number of nitrogens with one attached hydrogen (secondary N) is 1. The van der Waals surface area contributed by atoms with Crippen LogP contribution in [0.5, 0.6) is 0 Å². The van der Waals surface area contributed by atoms with E-state index in [0.717, 1.165) is 13.0 Å². The van der Waals surface area contributed by atoms with E-state index in [1.54, 1.807) is 24.3 Å². The molecule has 104 valence electrons. The van der Waals surface area contributed by atoms with Crippen molar-refractivity contribution in [2.75, 3.05) is 13.1 Å². The summed E-state index contributed by atoms with van der Waals surface area (Å²) in [5.74, 6) is -0.0631. The summed E-state index contributed by atoms with van der Waals surface area (Å²) in [6, 6.07) is 0. The molecule has 1 aliphatic rings. The van der Waals surface area contributed by atoms with Crippen LogP contribution in [0.25, 0.3) is 0 Å². The van der Waals surface area contributed by atoms with Crippen molar-refractivity contribution in [3.8, 4) is 0 Å². The minimum absolute atomic E-state index is 0.0141. The van der Waals surface area contributed by atoms with Crippen LogP contribution in [0, 0.1) is 0 Å². The van der Waals surface area contributed by atoms with Gasteiger partial charge in [0.25, 0.3) is 0 Å². The van der Waals surface area contributed by atoms with Crippen LogP contribution in [0.1, 0.15) is 26.7 Å². The zero-order chi connectivity index (χ0) is 13.9. The van der Waals surface area contributed by atoms with Crippen LogP contribution in [-0.2, 0) is 16.1 Å². The van der Waals surface area contributed by atoms with Gasteiger partial charge >= 0.3 is 0 Å². The maximum atomic E-state index is 12.3. The van der Waals surface area contributed by atoms with Crippen molar-refractivity contribution in [2.45, 2.75) is 38.8 Å². The molecule has 19 heavy (non-hydrogen) atoms. The van der Waals surface area contributed by atoms with E-state index in [1.807, 2.05) is 17.7 Å². The Morgan fingerprint density at radius 2 is 2.21 bits per heavy atom. The zero-order valence-electron chi connectivity index (χ0n) is 11.4. The molecule has 0 spiro atoms. The van der Waals surface area contributed by atoms with Gasteiger partial charge in [-0.2, -0.15) is 0 Å². The lowest BCUT2D eigenvalue weighted by molar-refractivity contribution is -0.149. The Kier molecular flexibility index (Phi) is 3.87. The van der Waals surface area contributed by atoms with E-state index in [1.165, 1.54) is 0 Å². The first-order valence-electron chi connectivity index (χ1n) is 6.61. The highest BCUT2D eigenvalue weighted by Crippen LogP contribution is 2.17. The molecule has 1 aromatic rings. The molecule has 2 amide bonds. The van der Waals surface area contributed by atoms with Crippen molar-refractivity contribution in [3.63, 3.8) is 0 Å². The summed E-state index contributed by atoms with van der Waals surface area (Å²) >= 11 is 0. The highest BCUT2D eigenvalue weighted by Gasteiger charge is 2.41. The highest BCUT2D eigenvalue weighted by molar-refractivity contribution is 5.97. The molecule has 1 unspecified atom stereocenters. The number of rotatable bonds is 5. The number of hydrogen-bond acceptors (Lipinski definition) is 3. The third kappa shape index (κ3) is 2.94. The largest absolute Gasteiger partial charge is 0.340 e. The molecular weight excluding hydrogens is 244 g/mol. The van der Waals surface area contributed by atoms with Crippen molar-refractivity contribution in [1.82, 2.24) is 19.8 Å². The van der Waals surface area contributed by atoms with Gasteiger partial charge in [0.2, 0.25) is 11.8 Å². The van der Waals surface area contributed by atoms with Gasteiger partial charge in [-0.1, -0.05) is 6.92 Å². The summed E-state index contributed by atoms with van der Waals surface area (Å²) in [5.41, 5.74) is -0.746. The molecule has 1 N–H and O–H groups in total. The Morgan fingerprint density at radius 3 is 2.84 bits per heavy atom. The summed E-state index contributed by atoms with van der Waals surface area (Å²) in [6.07, 6.45) is 6.79. The summed E-state index contributed by atoms with van der Waals surface area (Å²) in [6.45, 7) is 5.26. The van der Waals surface area contributed by atoms with Crippen molar-refractivity contribution in [3.05, 3.63) is 18.7 Å². The molecule has 0 saturated carbocycles. The van der Waals surface area contributed by atoms with Crippen LogP contribution in [-0.4, -0.2) is 44.9 Å². The molecule has 1 aromatic heterocycles. The normalized spacial score (nSPS) is 23.6. The SMILES string of the molecule is CCC1(C)NC(=O)CN(CCCn2ccnc2)C1=O. The zero-order valence-corrected chi connectivity index (χ0v) is 11.4. The summed E-state index contributed by atoms with van der Waals surface area (Å²) in [5, 5.41) is 2.78. The fourth-order valence-corrected chi connectivity index (χ4v) is 2.28. The first-order chi connectivity index (χ1) is 9.05. The van der Waals surface area contributed by atoms with Gasteiger partial charge in [0.1, 0.15) is 5.54 Å². The maximum Gasteiger partial charge on any atom is 0.248 e. The van der Waals surface area contributed by atoms with Gasteiger partial charge in [-0.25, -0.2) is 4.98 Å². The average Bonchev–Trinajstić information content (AvgIpc) is 2.88. The molecule has 6 nitrogen and oxygen atoms in total. The van der Waals surface area contributed by atoms with E-state index in [4.69, 9.17) is 0 Å². The Bertz CT molecular complexity index is 457. The molecular formula is C13H20N4O2. The average molecular weight is 264 g/mol. The van der Waals surface area contributed by atoms with E-state index in [2.05, 4.69) is 10.3 Å². The van der Waals surface area contributed by atoms with Crippen LogP contribution in [0.4, 0.5) is 0 Å². The standard InChI is InChI=1S/C13H20N4O2/c1-3-13(2)12(19)17(9-11(18)15-13)7-4-6-16-8-5-14-10-16/h5,8,10H,3-4,6-7,9H2,1-2H3,(H,15,18). The lowest BCUT2D eigenvalue weighted by Crippen LogP contribution is -2.65. The van der Waals surface area contributed by atoms with Crippen LogP contribution in [0.15, 0.2) is 18.7 Å². The molecule has 0 radical (unpaired) electrons. The number of aromatic nitrogens is 2. The molecule has 1 saturated heterocycles. The third-order valence-corrected chi connectivity index (χ3v) is 3.62. The monoisotopic (exact) mass is 264 g/mol. The molecule has 1 atom stereocenters. The summed E-state index contributed by atoms with van der Waals surface area (Å²) < 4.78 is 1.97. The highest BCUT2D eigenvalue weighted by atomic mass is 16.2. The Labute approximate surface area is 112 Å². The Hall–Kier alpha value is -1.85. The number of hydrogen-bond donors (Lipinski definition) is 1. The molecule has 0 bridgehead atoms. The fourth-order valence-electron chi connectivity index (χ4n) is 2.28. The first kappa shape index (κ1) is 13.6. The van der Waals surface area contributed by atoms with Crippen molar-refractivity contribution < 1.29 is 9.59 Å². The van der Waals surface area contributed by atoms with Gasteiger partial charge in [0.05, 0.1) is 12.9 Å². The lowest BCUT2D eigenvalue weighted by Gasteiger charge is -2.39. The molecule has 1 fully saturated rings. The summed E-state index contributed by atoms with van der Waals surface area (Å²) in [7, 11) is 0. The van der Waals surface area contributed by atoms with Gasteiger partial charge in [-0.15, -0.1) is 0 Å². The van der Waals surface area contributed by atoms with Crippen LogP contribution in [0.3, 0.4) is 0 Å². The van der Waals surface area contributed by atoms with Crippen molar-refractivity contribution >= 4 is 11.8 Å². The number of amides is 2. The predicted molar refractivity (Wildman–Crippen MR) is 70.3 cm³/mol. The van der Waals surface area contributed by atoms with Gasteiger partial charge in [0, 0.05) is 25.5 Å². The number of aryl methyl sites for hydroxylation is 1. The summed E-state index contributed by atoms with van der Waals surface area (Å²) in [4.78, 5) is 29.6. The minimum atomic E-state index is -0.746. The number of imidazole rings is 1. The second-order valence-corrected chi connectivity index (χ2v) is 5.11. The molecule has 6 heteroatoms. The van der Waals surface area contributed by atoms with Gasteiger partial charge < -0.3 is 14.8 Å². The minimum Gasteiger partial charge on any atom is -0.340 e. The fraction of sp³-hybridized carbons (Fsp3) is 0.615. The number of nitrogens with zero attached hydrogens (tertiary/aromatic N) is 3. The van der Waals surface area contributed by atoms with E-state index < -0.39 is 5.54 Å². The van der Waals surface area contributed by atoms with Crippen molar-refractivity contribution in [1.29, 1.82) is 0 Å². The van der Waals surface area contributed by atoms with E-state index in [-0.39, 0.29) is 18.4 Å². The quantitative estimate of drug-likeness (QED) is 0.837. The Balaban J connectivity index is 1.91. The topological polar surface area (TPSA) is 67.2 Å². The van der Waals surface area contributed by atoms with Crippen LogP contribution >= 0.6 is 0 Å². The molecule has 0 aromatic carbocycles. The number of carbonyl (C=O) groups excluding carboxylic acids is 2. The number of carbonyl (C=O) groups is 2. The van der Waals surface area contributed by atoms with Gasteiger partial charge in [-0.3, -0.25) is 9.59 Å². The lowest BCUT2D eigenvalue weighted by atomic mass is 9.94. The van der Waals surface area contributed by atoms with Crippen molar-refractivity contribution in [2.24, 2.45) is 0 Å². The first-order valence-corrected chi connectivity index (χ1v) is 6.61. The van der Waals surface area contributed by atoms with Crippen LogP contribution < -0.4 is 5.32 Å². The second kappa shape index (κ2) is 5.42. The van der Waals surface area contributed by atoms with E-state index in [0.29, 0.717) is 13.0 Å².